The van der Waals surface area contributed by atoms with Gasteiger partial charge in [0.1, 0.15) is 0 Å². The van der Waals surface area contributed by atoms with Crippen LogP contribution in [-0.2, 0) is 14.8 Å². The lowest BCUT2D eigenvalue weighted by atomic mass is 10.1. The van der Waals surface area contributed by atoms with E-state index in [1.807, 2.05) is 0 Å². The molecule has 20 heavy (non-hydrogen) atoms. The third-order valence-corrected chi connectivity index (χ3v) is 4.22. The van der Waals surface area contributed by atoms with Gasteiger partial charge in [-0.3, -0.25) is 9.52 Å². The Bertz CT molecular complexity index is 583. The Labute approximate surface area is 119 Å². The number of nitrogens with one attached hydrogen (secondary N) is 2. The highest BCUT2D eigenvalue weighted by Crippen LogP contribution is 2.24. The third-order valence-electron chi connectivity index (χ3n) is 2.74. The summed E-state index contributed by atoms with van der Waals surface area (Å²) in [5.41, 5.74) is 7.15. The van der Waals surface area contributed by atoms with E-state index in [-0.39, 0.29) is 11.7 Å². The number of sulfonamides is 1. The van der Waals surface area contributed by atoms with E-state index in [2.05, 4.69) is 10.0 Å². The van der Waals surface area contributed by atoms with Crippen molar-refractivity contribution in [3.05, 3.63) is 23.8 Å². The molecule has 1 rings (SSSR count). The maximum atomic E-state index is 11.8. The van der Waals surface area contributed by atoms with Gasteiger partial charge in [-0.1, -0.05) is 13.0 Å². The molecule has 112 valence electrons. The minimum Gasteiger partial charge on any atom is -0.324 e. The van der Waals surface area contributed by atoms with Crippen LogP contribution in [0.3, 0.4) is 0 Å². The van der Waals surface area contributed by atoms with E-state index in [1.54, 1.807) is 39.0 Å². The lowest BCUT2D eigenvalue weighted by Gasteiger charge is -2.15. The second kappa shape index (κ2) is 6.71. The van der Waals surface area contributed by atoms with Crippen LogP contribution in [0.25, 0.3) is 0 Å². The van der Waals surface area contributed by atoms with Gasteiger partial charge in [-0.2, -0.15) is 0 Å². The van der Waals surface area contributed by atoms with Crippen LogP contribution in [0.15, 0.2) is 18.2 Å². The molecule has 0 heterocycles. The highest BCUT2D eigenvalue weighted by molar-refractivity contribution is 7.92. The first kappa shape index (κ1) is 16.5. The molecule has 0 aliphatic heterocycles. The molecule has 1 aromatic carbocycles. The average Bonchev–Trinajstić information content (AvgIpc) is 2.33. The Morgan fingerprint density at radius 3 is 2.50 bits per heavy atom. The van der Waals surface area contributed by atoms with E-state index in [4.69, 9.17) is 5.73 Å². The number of amides is 1. The molecule has 0 aliphatic carbocycles. The average molecular weight is 299 g/mol. The van der Waals surface area contributed by atoms with Crippen LogP contribution in [0, 0.1) is 6.92 Å². The minimum absolute atomic E-state index is 0.0584. The van der Waals surface area contributed by atoms with Crippen LogP contribution in [-0.4, -0.2) is 26.1 Å². The Morgan fingerprint density at radius 1 is 1.35 bits per heavy atom. The predicted octanol–water partition coefficient (Wildman–Crippen LogP) is 1.43. The van der Waals surface area contributed by atoms with Gasteiger partial charge in [-0.25, -0.2) is 8.42 Å². The molecule has 0 spiro atoms. The standard InChI is InChI=1S/C13H21N3O3S/c1-4-8-20(18,19)16-12-7-5-6-11(9(12)2)15-13(17)10(3)14/h5-7,10,16H,4,8,14H2,1-3H3,(H,15,17)/t10-/m0/s1. The first-order valence-electron chi connectivity index (χ1n) is 6.43. The van der Waals surface area contributed by atoms with E-state index in [0.29, 0.717) is 23.4 Å². The van der Waals surface area contributed by atoms with Crippen molar-refractivity contribution < 1.29 is 13.2 Å². The van der Waals surface area contributed by atoms with Gasteiger partial charge in [0.15, 0.2) is 0 Å². The summed E-state index contributed by atoms with van der Waals surface area (Å²) in [5, 5.41) is 2.67. The van der Waals surface area contributed by atoms with Crippen LogP contribution in [0.5, 0.6) is 0 Å². The van der Waals surface area contributed by atoms with Gasteiger partial charge in [-0.05, 0) is 38.0 Å². The maximum absolute atomic E-state index is 11.8. The van der Waals surface area contributed by atoms with Crippen molar-refractivity contribution in [2.24, 2.45) is 5.73 Å². The third kappa shape index (κ3) is 4.50. The number of anilines is 2. The van der Waals surface area contributed by atoms with Gasteiger partial charge < -0.3 is 11.1 Å². The minimum atomic E-state index is -3.36. The molecular weight excluding hydrogens is 278 g/mol. The van der Waals surface area contributed by atoms with Crippen LogP contribution < -0.4 is 15.8 Å². The van der Waals surface area contributed by atoms with Crippen molar-refractivity contribution in [3.8, 4) is 0 Å². The van der Waals surface area contributed by atoms with Crippen molar-refractivity contribution >= 4 is 27.3 Å². The Morgan fingerprint density at radius 2 is 1.95 bits per heavy atom. The molecule has 1 aromatic rings. The molecule has 0 unspecified atom stereocenters. The maximum Gasteiger partial charge on any atom is 0.241 e. The zero-order valence-corrected chi connectivity index (χ0v) is 12.8. The molecule has 1 amide bonds. The lowest BCUT2D eigenvalue weighted by Crippen LogP contribution is -2.32. The molecule has 0 aliphatic rings. The molecule has 7 heteroatoms. The monoisotopic (exact) mass is 299 g/mol. The van der Waals surface area contributed by atoms with Crippen LogP contribution in [0.2, 0.25) is 0 Å². The highest BCUT2D eigenvalue weighted by atomic mass is 32.2. The molecular formula is C13H21N3O3S. The van der Waals surface area contributed by atoms with Gasteiger partial charge in [-0.15, -0.1) is 0 Å². The van der Waals surface area contributed by atoms with E-state index in [9.17, 15) is 13.2 Å². The van der Waals surface area contributed by atoms with Gasteiger partial charge in [0, 0.05) is 5.69 Å². The first-order valence-corrected chi connectivity index (χ1v) is 8.08. The van der Waals surface area contributed by atoms with Crippen molar-refractivity contribution in [2.75, 3.05) is 15.8 Å². The van der Waals surface area contributed by atoms with Crippen molar-refractivity contribution in [1.29, 1.82) is 0 Å². The normalized spacial score (nSPS) is 12.8. The van der Waals surface area contributed by atoms with Gasteiger partial charge >= 0.3 is 0 Å². The Hall–Kier alpha value is -1.60. The summed E-state index contributed by atoms with van der Waals surface area (Å²) in [5.74, 6) is -0.260. The fourth-order valence-corrected chi connectivity index (χ4v) is 2.81. The summed E-state index contributed by atoms with van der Waals surface area (Å²) < 4.78 is 26.1. The molecule has 0 radical (unpaired) electrons. The number of nitrogens with two attached hydrogens (primary N) is 1. The van der Waals surface area contributed by atoms with Gasteiger partial charge in [0.05, 0.1) is 17.5 Å². The number of hydrogen-bond acceptors (Lipinski definition) is 4. The fourth-order valence-electron chi connectivity index (χ4n) is 1.62. The number of benzene rings is 1. The van der Waals surface area contributed by atoms with Gasteiger partial charge in [0.25, 0.3) is 0 Å². The molecule has 0 aromatic heterocycles. The topological polar surface area (TPSA) is 101 Å². The molecule has 0 saturated carbocycles. The highest BCUT2D eigenvalue weighted by Gasteiger charge is 2.14. The summed E-state index contributed by atoms with van der Waals surface area (Å²) in [6, 6.07) is 4.40. The number of carbonyl (C=O) groups excluding carboxylic acids is 1. The molecule has 0 bridgehead atoms. The van der Waals surface area contributed by atoms with Crippen LogP contribution >= 0.6 is 0 Å². The summed E-state index contributed by atoms with van der Waals surface area (Å²) in [4.78, 5) is 11.6. The zero-order valence-electron chi connectivity index (χ0n) is 11.9. The van der Waals surface area contributed by atoms with E-state index >= 15 is 0 Å². The smallest absolute Gasteiger partial charge is 0.241 e. The predicted molar refractivity (Wildman–Crippen MR) is 81.2 cm³/mol. The number of hydrogen-bond donors (Lipinski definition) is 3. The summed E-state index contributed by atoms with van der Waals surface area (Å²) >= 11 is 0. The first-order chi connectivity index (χ1) is 9.26. The van der Waals surface area contributed by atoms with Crippen molar-refractivity contribution in [2.45, 2.75) is 33.2 Å². The second-order valence-corrected chi connectivity index (χ2v) is 6.52. The fraction of sp³-hybridized carbons (Fsp3) is 0.462. The van der Waals surface area contributed by atoms with E-state index in [0.717, 1.165) is 0 Å². The Kier molecular flexibility index (Phi) is 5.52. The lowest BCUT2D eigenvalue weighted by molar-refractivity contribution is -0.117. The SMILES string of the molecule is CCCS(=O)(=O)Nc1cccc(NC(=O)[C@H](C)N)c1C. The van der Waals surface area contributed by atoms with E-state index in [1.165, 1.54) is 0 Å². The quantitative estimate of drug-likeness (QED) is 0.739. The molecule has 0 fully saturated rings. The molecule has 1 atom stereocenters. The summed E-state index contributed by atoms with van der Waals surface area (Å²) in [6.07, 6.45) is 0.537. The zero-order chi connectivity index (χ0) is 15.3. The van der Waals surface area contributed by atoms with Gasteiger partial charge in [0.2, 0.25) is 15.9 Å². The van der Waals surface area contributed by atoms with Crippen molar-refractivity contribution in [1.82, 2.24) is 0 Å². The summed E-state index contributed by atoms with van der Waals surface area (Å²) in [6.45, 7) is 5.12. The number of carbonyl (C=O) groups is 1. The van der Waals surface area contributed by atoms with Crippen LogP contribution in [0.1, 0.15) is 25.8 Å². The molecule has 6 nitrogen and oxygen atoms in total. The molecule has 4 N–H and O–H groups in total. The van der Waals surface area contributed by atoms with Crippen LogP contribution in [0.4, 0.5) is 11.4 Å². The Balaban J connectivity index is 2.99. The largest absolute Gasteiger partial charge is 0.324 e. The van der Waals surface area contributed by atoms with E-state index < -0.39 is 16.1 Å². The van der Waals surface area contributed by atoms with Crippen molar-refractivity contribution in [3.63, 3.8) is 0 Å². The molecule has 0 saturated heterocycles. The second-order valence-electron chi connectivity index (χ2n) is 4.68. The summed E-state index contributed by atoms with van der Waals surface area (Å²) in [7, 11) is -3.36. The number of rotatable bonds is 6.